The molecule has 0 bridgehead atoms. The average molecular weight is 492 g/mol. The zero-order valence-electron chi connectivity index (χ0n) is 18.9. The van der Waals surface area contributed by atoms with Crippen molar-refractivity contribution in [3.63, 3.8) is 0 Å². The predicted octanol–water partition coefficient (Wildman–Crippen LogP) is 4.21. The van der Waals surface area contributed by atoms with Crippen LogP contribution in [0.5, 0.6) is 0 Å². The van der Waals surface area contributed by atoms with Crippen molar-refractivity contribution in [2.45, 2.75) is 12.1 Å². The van der Waals surface area contributed by atoms with E-state index in [-0.39, 0.29) is 5.69 Å². The lowest BCUT2D eigenvalue weighted by molar-refractivity contribution is -0.393. The number of hydrogen-bond acceptors (Lipinski definition) is 8. The third-order valence-electron chi connectivity index (χ3n) is 5.96. The second kappa shape index (κ2) is 9.70. The van der Waals surface area contributed by atoms with Gasteiger partial charge in [-0.05, 0) is 28.3 Å². The number of non-ortho nitro benzene ring substituents is 1. The molecule has 0 aromatic heterocycles. The smallest absolute Gasteiger partial charge is 0.411 e. The molecule has 0 spiro atoms. The van der Waals surface area contributed by atoms with Crippen LogP contribution in [0.15, 0.2) is 66.7 Å². The minimum Gasteiger partial charge on any atom is -0.480 e. The molecule has 3 aromatic carbocycles. The lowest BCUT2D eigenvalue weighted by atomic mass is 10.0. The molecular formula is C24H20N4O8. The predicted molar refractivity (Wildman–Crippen MR) is 128 cm³/mol. The Morgan fingerprint density at radius 3 is 2.08 bits per heavy atom. The zero-order valence-corrected chi connectivity index (χ0v) is 18.9. The van der Waals surface area contributed by atoms with Crippen LogP contribution >= 0.6 is 0 Å². The van der Waals surface area contributed by atoms with Crippen molar-refractivity contribution in [3.05, 3.63) is 98.1 Å². The van der Waals surface area contributed by atoms with Crippen LogP contribution in [0.1, 0.15) is 17.2 Å². The molecule has 0 saturated carbocycles. The fraction of sp³-hybridized carbons (Fsp3) is 0.167. The van der Waals surface area contributed by atoms with Gasteiger partial charge in [-0.1, -0.05) is 48.5 Å². The minimum atomic E-state index is -1.52. The Labute approximate surface area is 204 Å². The molecule has 12 nitrogen and oxygen atoms in total. The average Bonchev–Trinajstić information content (AvgIpc) is 3.20. The van der Waals surface area contributed by atoms with E-state index < -0.39 is 51.9 Å². The number of rotatable bonds is 8. The number of methoxy groups -OCH3 is 1. The monoisotopic (exact) mass is 492 g/mol. The van der Waals surface area contributed by atoms with Gasteiger partial charge in [-0.3, -0.25) is 25.1 Å². The molecule has 0 saturated heterocycles. The first-order chi connectivity index (χ1) is 17.2. The number of nitro groups is 2. The summed E-state index contributed by atoms with van der Waals surface area (Å²) in [5.74, 6) is -1.38. The number of anilines is 1. The van der Waals surface area contributed by atoms with Crippen molar-refractivity contribution in [3.8, 4) is 11.1 Å². The number of carboxylic acids is 1. The molecule has 184 valence electrons. The Hall–Kier alpha value is -5.00. The molecule has 1 amide bonds. The van der Waals surface area contributed by atoms with Crippen LogP contribution in [-0.2, 0) is 9.53 Å². The standard InChI is InChI=1S/C24H20N4O8/c1-36-24(31)26(22-17-8-4-2-6-15(17)16-7-3-5-9-18(16)22)21(23(29)30)13-25-19-11-10-14(27(32)33)12-20(19)28(34)35/h2-12,21-22,25H,13H2,1H3,(H,29,30)/t21-/m0/s1. The minimum absolute atomic E-state index is 0.131. The Balaban J connectivity index is 1.74. The number of carbonyl (C=O) groups excluding carboxylic acids is 1. The van der Waals surface area contributed by atoms with E-state index in [1.807, 2.05) is 24.3 Å². The molecule has 2 N–H and O–H groups in total. The number of aliphatic carboxylic acids is 1. The van der Waals surface area contributed by atoms with Crippen LogP contribution in [0, 0.1) is 20.2 Å². The van der Waals surface area contributed by atoms with E-state index in [9.17, 15) is 34.9 Å². The second-order valence-electron chi connectivity index (χ2n) is 7.90. The molecular weight excluding hydrogens is 472 g/mol. The summed E-state index contributed by atoms with van der Waals surface area (Å²) >= 11 is 0. The Kier molecular flexibility index (Phi) is 6.50. The first-order valence-corrected chi connectivity index (χ1v) is 10.7. The highest BCUT2D eigenvalue weighted by molar-refractivity contribution is 5.85. The van der Waals surface area contributed by atoms with E-state index in [1.165, 1.54) is 0 Å². The van der Waals surface area contributed by atoms with Crippen LogP contribution in [-0.4, -0.2) is 51.6 Å². The van der Waals surface area contributed by atoms with E-state index >= 15 is 0 Å². The summed E-state index contributed by atoms with van der Waals surface area (Å²) in [6, 6.07) is 15.2. The highest BCUT2D eigenvalue weighted by Gasteiger charge is 2.42. The second-order valence-corrected chi connectivity index (χ2v) is 7.90. The normalized spacial score (nSPS) is 12.7. The third kappa shape index (κ3) is 4.27. The van der Waals surface area contributed by atoms with Gasteiger partial charge < -0.3 is 15.2 Å². The molecule has 0 fully saturated rings. The molecule has 3 aromatic rings. The van der Waals surface area contributed by atoms with Crippen LogP contribution in [0.25, 0.3) is 11.1 Å². The largest absolute Gasteiger partial charge is 0.480 e. The molecule has 1 atom stereocenters. The fourth-order valence-electron chi connectivity index (χ4n) is 4.39. The van der Waals surface area contributed by atoms with Gasteiger partial charge in [-0.2, -0.15) is 0 Å². The number of ether oxygens (including phenoxy) is 1. The van der Waals surface area contributed by atoms with E-state index in [0.717, 1.165) is 41.3 Å². The van der Waals surface area contributed by atoms with Crippen LogP contribution in [0.4, 0.5) is 21.9 Å². The lowest BCUT2D eigenvalue weighted by Gasteiger charge is -2.34. The summed E-state index contributed by atoms with van der Waals surface area (Å²) in [5, 5.41) is 35.3. The molecule has 4 rings (SSSR count). The summed E-state index contributed by atoms with van der Waals surface area (Å²) in [5.41, 5.74) is 1.87. The fourth-order valence-corrected chi connectivity index (χ4v) is 4.39. The maximum absolute atomic E-state index is 13.0. The number of hydrogen-bond donors (Lipinski definition) is 2. The third-order valence-corrected chi connectivity index (χ3v) is 5.96. The number of benzene rings is 3. The summed E-state index contributed by atoms with van der Waals surface area (Å²) in [6.45, 7) is -0.441. The van der Waals surface area contributed by atoms with Crippen molar-refractivity contribution in [1.82, 2.24) is 4.90 Å². The van der Waals surface area contributed by atoms with Gasteiger partial charge in [0.05, 0.1) is 29.1 Å². The van der Waals surface area contributed by atoms with Crippen molar-refractivity contribution < 1.29 is 29.3 Å². The Morgan fingerprint density at radius 2 is 1.58 bits per heavy atom. The van der Waals surface area contributed by atoms with Gasteiger partial charge in [0.1, 0.15) is 5.69 Å². The van der Waals surface area contributed by atoms with Gasteiger partial charge in [0.25, 0.3) is 11.4 Å². The first-order valence-electron chi connectivity index (χ1n) is 10.7. The summed E-state index contributed by atoms with van der Waals surface area (Å²) in [4.78, 5) is 47.4. The van der Waals surface area contributed by atoms with Gasteiger partial charge >= 0.3 is 12.1 Å². The highest BCUT2D eigenvalue weighted by atomic mass is 16.6. The number of nitrogens with one attached hydrogen (secondary N) is 1. The number of amides is 1. The van der Waals surface area contributed by atoms with Gasteiger partial charge in [0.2, 0.25) is 0 Å². The molecule has 0 aliphatic heterocycles. The van der Waals surface area contributed by atoms with Gasteiger partial charge in [-0.25, -0.2) is 9.59 Å². The maximum Gasteiger partial charge on any atom is 0.411 e. The quantitative estimate of drug-likeness (QED) is 0.346. The number of nitro benzene ring substituents is 2. The van der Waals surface area contributed by atoms with Crippen LogP contribution < -0.4 is 5.32 Å². The van der Waals surface area contributed by atoms with E-state index in [1.54, 1.807) is 24.3 Å². The molecule has 0 unspecified atom stereocenters. The topological polar surface area (TPSA) is 165 Å². The summed E-state index contributed by atoms with van der Waals surface area (Å²) in [7, 11) is 1.13. The number of nitrogens with zero attached hydrogens (tertiary/aromatic N) is 3. The lowest BCUT2D eigenvalue weighted by Crippen LogP contribution is -2.50. The van der Waals surface area contributed by atoms with Crippen molar-refractivity contribution >= 4 is 29.1 Å². The Bertz CT molecular complexity index is 1330. The maximum atomic E-state index is 13.0. The van der Waals surface area contributed by atoms with Crippen molar-refractivity contribution in [2.75, 3.05) is 19.0 Å². The van der Waals surface area contributed by atoms with Crippen LogP contribution in [0.2, 0.25) is 0 Å². The molecule has 36 heavy (non-hydrogen) atoms. The molecule has 0 radical (unpaired) electrons. The molecule has 12 heteroatoms. The first kappa shape index (κ1) is 24.1. The van der Waals surface area contributed by atoms with Gasteiger partial charge in [0.15, 0.2) is 6.04 Å². The van der Waals surface area contributed by atoms with Crippen molar-refractivity contribution in [1.29, 1.82) is 0 Å². The highest BCUT2D eigenvalue weighted by Crippen LogP contribution is 2.47. The van der Waals surface area contributed by atoms with E-state index in [2.05, 4.69) is 5.32 Å². The molecule has 0 heterocycles. The molecule has 1 aliphatic carbocycles. The number of carboxylic acid groups (broad SMARTS) is 1. The number of carbonyl (C=O) groups is 2. The zero-order chi connectivity index (χ0) is 26.0. The summed E-state index contributed by atoms with van der Waals surface area (Å²) in [6.07, 6.45) is -0.904. The van der Waals surface area contributed by atoms with E-state index in [0.29, 0.717) is 11.1 Å². The van der Waals surface area contributed by atoms with Crippen LogP contribution in [0.3, 0.4) is 0 Å². The van der Waals surface area contributed by atoms with Gasteiger partial charge in [0, 0.05) is 12.6 Å². The van der Waals surface area contributed by atoms with Gasteiger partial charge in [-0.15, -0.1) is 0 Å². The summed E-state index contributed by atoms with van der Waals surface area (Å²) < 4.78 is 4.95. The SMILES string of the molecule is COC(=O)N(C1c2ccccc2-c2ccccc21)[C@@H](CNc1ccc([N+](=O)[O-])cc1[N+](=O)[O-])C(=O)O. The number of fused-ring (bicyclic) bond motifs is 3. The Morgan fingerprint density at radius 1 is 1.00 bits per heavy atom. The van der Waals surface area contributed by atoms with Crippen molar-refractivity contribution in [2.24, 2.45) is 0 Å². The molecule has 1 aliphatic rings. The van der Waals surface area contributed by atoms with E-state index in [4.69, 9.17) is 4.74 Å².